The van der Waals surface area contributed by atoms with Gasteiger partial charge < -0.3 is 10.2 Å². The molecule has 2 aromatic rings. The number of rotatable bonds is 11. The van der Waals surface area contributed by atoms with E-state index in [0.29, 0.717) is 23.7 Å². The molecule has 0 aliphatic rings. The first kappa shape index (κ1) is 26.2. The summed E-state index contributed by atoms with van der Waals surface area (Å²) in [4.78, 5) is 27.1. The molecule has 7 nitrogen and oxygen atoms in total. The standard InChI is InChI=1S/C23H29F2N3O4S/c1-4-13-26-23(30)17(2)27(14-12-18-8-6-5-7-9-18)22(29)16-28(33(3,31)32)19-10-11-20(24)21(25)15-19/h5-11,15,17H,4,12-14,16H2,1-3H3,(H,26,30)/t17-/m1/s1. The van der Waals surface area contributed by atoms with Gasteiger partial charge in [-0.05, 0) is 37.5 Å². The number of amides is 2. The second kappa shape index (κ2) is 11.7. The van der Waals surface area contributed by atoms with Crippen LogP contribution in [-0.2, 0) is 26.0 Å². The molecule has 0 saturated heterocycles. The fourth-order valence-corrected chi connectivity index (χ4v) is 4.06. The van der Waals surface area contributed by atoms with E-state index in [4.69, 9.17) is 0 Å². The summed E-state index contributed by atoms with van der Waals surface area (Å²) >= 11 is 0. The van der Waals surface area contributed by atoms with E-state index in [2.05, 4.69) is 5.32 Å². The average molecular weight is 482 g/mol. The molecule has 0 bridgehead atoms. The Hall–Kier alpha value is -3.01. The Kier molecular flexibility index (Phi) is 9.33. The molecule has 0 aliphatic heterocycles. The SMILES string of the molecule is CCCNC(=O)[C@@H](C)N(CCc1ccccc1)C(=O)CN(c1ccc(F)c(F)c1)S(C)(=O)=O. The van der Waals surface area contributed by atoms with Gasteiger partial charge in [0, 0.05) is 19.2 Å². The van der Waals surface area contributed by atoms with Crippen LogP contribution in [0.1, 0.15) is 25.8 Å². The highest BCUT2D eigenvalue weighted by Gasteiger charge is 2.30. The summed E-state index contributed by atoms with van der Waals surface area (Å²) in [6.45, 7) is 3.41. The Balaban J connectivity index is 2.31. The molecular formula is C23H29F2N3O4S. The molecule has 0 spiro atoms. The predicted octanol–water partition coefficient (Wildman–Crippen LogP) is 2.72. The Labute approximate surface area is 193 Å². The molecule has 2 rings (SSSR count). The number of benzene rings is 2. The lowest BCUT2D eigenvalue weighted by molar-refractivity contribution is -0.138. The highest BCUT2D eigenvalue weighted by molar-refractivity contribution is 7.92. The van der Waals surface area contributed by atoms with Crippen molar-refractivity contribution in [2.24, 2.45) is 0 Å². The molecule has 180 valence electrons. The fourth-order valence-electron chi connectivity index (χ4n) is 3.22. The van der Waals surface area contributed by atoms with Gasteiger partial charge in [-0.2, -0.15) is 0 Å². The van der Waals surface area contributed by atoms with Gasteiger partial charge in [-0.1, -0.05) is 37.3 Å². The summed E-state index contributed by atoms with van der Waals surface area (Å²) in [6.07, 6.45) is 2.03. The van der Waals surface area contributed by atoms with Gasteiger partial charge in [-0.25, -0.2) is 17.2 Å². The molecule has 2 aromatic carbocycles. The number of hydrogen-bond donors (Lipinski definition) is 1. The maximum atomic E-state index is 13.7. The first-order chi connectivity index (χ1) is 15.5. The molecule has 10 heteroatoms. The van der Waals surface area contributed by atoms with Gasteiger partial charge >= 0.3 is 0 Å². The summed E-state index contributed by atoms with van der Waals surface area (Å²) in [5.74, 6) is -3.37. The molecule has 0 aliphatic carbocycles. The van der Waals surface area contributed by atoms with Gasteiger partial charge in [-0.15, -0.1) is 0 Å². The van der Waals surface area contributed by atoms with Crippen molar-refractivity contribution in [3.63, 3.8) is 0 Å². The van der Waals surface area contributed by atoms with E-state index in [1.54, 1.807) is 6.92 Å². The number of carbonyl (C=O) groups is 2. The van der Waals surface area contributed by atoms with Gasteiger partial charge in [0.25, 0.3) is 0 Å². The van der Waals surface area contributed by atoms with Crippen molar-refractivity contribution >= 4 is 27.5 Å². The van der Waals surface area contributed by atoms with Crippen molar-refractivity contribution in [3.8, 4) is 0 Å². The van der Waals surface area contributed by atoms with Crippen LogP contribution in [0.2, 0.25) is 0 Å². The van der Waals surface area contributed by atoms with Gasteiger partial charge in [0.2, 0.25) is 21.8 Å². The van der Waals surface area contributed by atoms with Crippen LogP contribution in [-0.4, -0.2) is 57.1 Å². The molecule has 2 amide bonds. The Morgan fingerprint density at radius 1 is 1.06 bits per heavy atom. The van der Waals surface area contributed by atoms with Gasteiger partial charge in [0.15, 0.2) is 11.6 Å². The third kappa shape index (κ3) is 7.52. The van der Waals surface area contributed by atoms with E-state index in [9.17, 15) is 26.8 Å². The molecule has 0 radical (unpaired) electrons. The van der Waals surface area contributed by atoms with Crippen molar-refractivity contribution < 1.29 is 26.8 Å². The second-order valence-electron chi connectivity index (χ2n) is 7.66. The molecule has 0 saturated carbocycles. The zero-order valence-electron chi connectivity index (χ0n) is 18.9. The zero-order chi connectivity index (χ0) is 24.6. The maximum absolute atomic E-state index is 13.7. The third-order valence-electron chi connectivity index (χ3n) is 5.07. The average Bonchev–Trinajstić information content (AvgIpc) is 2.77. The minimum Gasteiger partial charge on any atom is -0.354 e. The molecule has 33 heavy (non-hydrogen) atoms. The van der Waals surface area contributed by atoms with Crippen molar-refractivity contribution in [3.05, 3.63) is 65.7 Å². The van der Waals surface area contributed by atoms with Crippen LogP contribution in [0.4, 0.5) is 14.5 Å². The molecule has 0 heterocycles. The summed E-state index contributed by atoms with van der Waals surface area (Å²) in [6, 6.07) is 11.1. The molecule has 1 atom stereocenters. The number of hydrogen-bond acceptors (Lipinski definition) is 4. The van der Waals surface area contributed by atoms with Crippen LogP contribution in [0.3, 0.4) is 0 Å². The van der Waals surface area contributed by atoms with Crippen LogP contribution in [0, 0.1) is 11.6 Å². The monoisotopic (exact) mass is 481 g/mol. The van der Waals surface area contributed by atoms with Crippen LogP contribution in [0.25, 0.3) is 0 Å². The van der Waals surface area contributed by atoms with Crippen molar-refractivity contribution in [1.29, 1.82) is 0 Å². The Morgan fingerprint density at radius 3 is 2.30 bits per heavy atom. The Morgan fingerprint density at radius 2 is 1.73 bits per heavy atom. The molecule has 1 N–H and O–H groups in total. The van der Waals surface area contributed by atoms with E-state index in [0.717, 1.165) is 30.0 Å². The number of anilines is 1. The second-order valence-corrected chi connectivity index (χ2v) is 9.56. The minimum absolute atomic E-state index is 0.166. The van der Waals surface area contributed by atoms with E-state index in [1.165, 1.54) is 4.90 Å². The van der Waals surface area contributed by atoms with Gasteiger partial charge in [0.05, 0.1) is 11.9 Å². The topological polar surface area (TPSA) is 86.8 Å². The molecular weight excluding hydrogens is 452 g/mol. The summed E-state index contributed by atoms with van der Waals surface area (Å²) in [7, 11) is -4.01. The predicted molar refractivity (Wildman–Crippen MR) is 123 cm³/mol. The lowest BCUT2D eigenvalue weighted by Gasteiger charge is -2.31. The summed E-state index contributed by atoms with van der Waals surface area (Å²) < 4.78 is 52.5. The van der Waals surface area contributed by atoms with Crippen molar-refractivity contribution in [1.82, 2.24) is 10.2 Å². The van der Waals surface area contributed by atoms with E-state index >= 15 is 0 Å². The first-order valence-electron chi connectivity index (χ1n) is 10.6. The van der Waals surface area contributed by atoms with Crippen molar-refractivity contribution in [2.75, 3.05) is 30.2 Å². The smallest absolute Gasteiger partial charge is 0.244 e. The molecule has 0 unspecified atom stereocenters. The number of sulfonamides is 1. The van der Waals surface area contributed by atoms with Crippen LogP contribution < -0.4 is 9.62 Å². The quantitative estimate of drug-likeness (QED) is 0.535. The van der Waals surface area contributed by atoms with Crippen LogP contribution in [0.15, 0.2) is 48.5 Å². The third-order valence-corrected chi connectivity index (χ3v) is 6.21. The van der Waals surface area contributed by atoms with Crippen LogP contribution in [0.5, 0.6) is 0 Å². The summed E-state index contributed by atoms with van der Waals surface area (Å²) in [5, 5.41) is 2.74. The van der Waals surface area contributed by atoms with E-state index in [1.807, 2.05) is 37.3 Å². The molecule has 0 fully saturated rings. The normalized spacial score (nSPS) is 12.2. The van der Waals surface area contributed by atoms with Crippen LogP contribution >= 0.6 is 0 Å². The number of nitrogens with zero attached hydrogens (tertiary/aromatic N) is 2. The summed E-state index contributed by atoms with van der Waals surface area (Å²) in [5.41, 5.74) is 0.757. The van der Waals surface area contributed by atoms with Gasteiger partial charge in [0.1, 0.15) is 12.6 Å². The van der Waals surface area contributed by atoms with E-state index in [-0.39, 0.29) is 18.1 Å². The Bertz CT molecular complexity index is 1060. The number of carbonyl (C=O) groups excluding carboxylic acids is 2. The first-order valence-corrected chi connectivity index (χ1v) is 12.4. The molecule has 0 aromatic heterocycles. The lowest BCUT2D eigenvalue weighted by atomic mass is 10.1. The van der Waals surface area contributed by atoms with E-state index < -0.39 is 40.2 Å². The fraction of sp³-hybridized carbons (Fsp3) is 0.391. The number of halogens is 2. The number of nitrogens with one attached hydrogen (secondary N) is 1. The minimum atomic E-state index is -4.01. The lowest BCUT2D eigenvalue weighted by Crippen LogP contribution is -2.52. The van der Waals surface area contributed by atoms with Gasteiger partial charge in [-0.3, -0.25) is 13.9 Å². The maximum Gasteiger partial charge on any atom is 0.244 e. The highest BCUT2D eigenvalue weighted by Crippen LogP contribution is 2.21. The van der Waals surface area contributed by atoms with Crippen molar-refractivity contribution in [2.45, 2.75) is 32.7 Å². The largest absolute Gasteiger partial charge is 0.354 e. The highest BCUT2D eigenvalue weighted by atomic mass is 32.2. The zero-order valence-corrected chi connectivity index (χ0v) is 19.7.